The largest absolute Gasteiger partial charge is 0.356 e. The van der Waals surface area contributed by atoms with Crippen molar-refractivity contribution in [2.75, 3.05) is 11.9 Å². The van der Waals surface area contributed by atoms with E-state index in [1.54, 1.807) is 21.6 Å². The number of carbonyl (C=O) groups excluding carboxylic acids is 3. The van der Waals surface area contributed by atoms with Gasteiger partial charge < -0.3 is 16.0 Å². The fraction of sp³-hybridized carbons (Fsp3) is 0.609. The molecule has 2 aromatic rings. The summed E-state index contributed by atoms with van der Waals surface area (Å²) in [6.45, 7) is 4.78. The number of nitrogens with one attached hydrogen (secondary N) is 3. The first kappa shape index (κ1) is 24.8. The van der Waals surface area contributed by atoms with Gasteiger partial charge in [-0.1, -0.05) is 0 Å². The standard InChI is InChI=1S/C23H31F2N7O3/c1-14(2)32-18(6-10-27-32)21(34)30-19(15-3-7-23(24,25)8-4-15)22(35)29-17-11-28-31(13-17)12-16-5-9-26-20(16)33/h6,10-11,13-16,19H,3-5,7-9,12H2,1-2H3,(H,26,33)(H,29,35)(H,30,34). The number of halogens is 2. The molecular weight excluding hydrogens is 460 g/mol. The van der Waals surface area contributed by atoms with Crippen LogP contribution in [0.25, 0.3) is 0 Å². The average Bonchev–Trinajstić information content (AvgIpc) is 3.54. The summed E-state index contributed by atoms with van der Waals surface area (Å²) < 4.78 is 30.7. The number of carbonyl (C=O) groups is 3. The monoisotopic (exact) mass is 491 g/mol. The van der Waals surface area contributed by atoms with Crippen LogP contribution in [0, 0.1) is 11.8 Å². The van der Waals surface area contributed by atoms with Crippen molar-refractivity contribution in [3.05, 3.63) is 30.4 Å². The first-order chi connectivity index (χ1) is 16.6. The molecule has 2 unspecified atom stereocenters. The molecule has 0 aromatic carbocycles. The summed E-state index contributed by atoms with van der Waals surface area (Å²) in [5, 5.41) is 16.7. The fourth-order valence-corrected chi connectivity index (χ4v) is 4.71. The Morgan fingerprint density at radius 3 is 2.63 bits per heavy atom. The Morgan fingerprint density at radius 2 is 1.97 bits per heavy atom. The topological polar surface area (TPSA) is 123 Å². The Hall–Kier alpha value is -3.31. The van der Waals surface area contributed by atoms with Crippen molar-refractivity contribution in [3.8, 4) is 0 Å². The molecule has 12 heteroatoms. The number of alkyl halides is 2. The SMILES string of the molecule is CC(C)n1nccc1C(=O)NC(C(=O)Nc1cnn(CC2CCNC2=O)c1)C1CCC(F)(F)CC1. The quantitative estimate of drug-likeness (QED) is 0.523. The van der Waals surface area contributed by atoms with Crippen molar-refractivity contribution in [3.63, 3.8) is 0 Å². The number of amides is 3. The highest BCUT2D eigenvalue weighted by Crippen LogP contribution is 2.37. The van der Waals surface area contributed by atoms with Gasteiger partial charge in [0.25, 0.3) is 5.91 Å². The summed E-state index contributed by atoms with van der Waals surface area (Å²) in [7, 11) is 0. The smallest absolute Gasteiger partial charge is 0.270 e. The predicted octanol–water partition coefficient (Wildman–Crippen LogP) is 2.36. The Bertz CT molecular complexity index is 1070. The molecule has 190 valence electrons. The molecule has 10 nitrogen and oxygen atoms in total. The summed E-state index contributed by atoms with van der Waals surface area (Å²) in [5.41, 5.74) is 0.697. The molecular formula is C23H31F2N7O3. The maximum atomic E-state index is 13.8. The highest BCUT2D eigenvalue weighted by atomic mass is 19.3. The molecule has 3 N–H and O–H groups in total. The van der Waals surface area contributed by atoms with Crippen molar-refractivity contribution in [1.29, 1.82) is 0 Å². The van der Waals surface area contributed by atoms with Crippen LogP contribution in [-0.2, 0) is 16.1 Å². The Morgan fingerprint density at radius 1 is 1.23 bits per heavy atom. The molecule has 0 bridgehead atoms. The first-order valence-corrected chi connectivity index (χ1v) is 12.0. The molecule has 1 saturated heterocycles. The van der Waals surface area contributed by atoms with Gasteiger partial charge in [-0.3, -0.25) is 23.7 Å². The molecule has 35 heavy (non-hydrogen) atoms. The van der Waals surface area contributed by atoms with E-state index in [0.717, 1.165) is 0 Å². The first-order valence-electron chi connectivity index (χ1n) is 12.0. The average molecular weight is 492 g/mol. The molecule has 2 fully saturated rings. The molecule has 3 heterocycles. The van der Waals surface area contributed by atoms with Crippen LogP contribution >= 0.6 is 0 Å². The zero-order valence-electron chi connectivity index (χ0n) is 19.8. The second kappa shape index (κ2) is 10.1. The number of hydrogen-bond acceptors (Lipinski definition) is 5. The summed E-state index contributed by atoms with van der Waals surface area (Å²) >= 11 is 0. The van der Waals surface area contributed by atoms with Crippen LogP contribution in [0.5, 0.6) is 0 Å². The summed E-state index contributed by atoms with van der Waals surface area (Å²) in [6.07, 6.45) is 4.87. The molecule has 2 aliphatic rings. The van der Waals surface area contributed by atoms with E-state index < -0.39 is 29.7 Å². The van der Waals surface area contributed by atoms with Crippen molar-refractivity contribution in [2.45, 2.75) is 70.5 Å². The molecule has 1 aliphatic heterocycles. The van der Waals surface area contributed by atoms with Crippen molar-refractivity contribution < 1.29 is 23.2 Å². The minimum absolute atomic E-state index is 0.0244. The van der Waals surface area contributed by atoms with Crippen LogP contribution < -0.4 is 16.0 Å². The van der Waals surface area contributed by atoms with Gasteiger partial charge in [0.2, 0.25) is 17.7 Å². The van der Waals surface area contributed by atoms with Gasteiger partial charge in [-0.25, -0.2) is 8.78 Å². The van der Waals surface area contributed by atoms with Crippen LogP contribution in [0.4, 0.5) is 14.5 Å². The molecule has 4 rings (SSSR count). The zero-order chi connectivity index (χ0) is 25.2. The van der Waals surface area contributed by atoms with Crippen LogP contribution in [0.15, 0.2) is 24.7 Å². The highest BCUT2D eigenvalue weighted by Gasteiger charge is 2.40. The number of hydrogen-bond donors (Lipinski definition) is 3. The lowest BCUT2D eigenvalue weighted by atomic mass is 9.81. The number of aromatic nitrogens is 4. The van der Waals surface area contributed by atoms with Crippen LogP contribution in [0.2, 0.25) is 0 Å². The third-order valence-corrected chi connectivity index (χ3v) is 6.67. The van der Waals surface area contributed by atoms with E-state index in [1.807, 2.05) is 13.8 Å². The maximum Gasteiger partial charge on any atom is 0.270 e. The summed E-state index contributed by atoms with van der Waals surface area (Å²) in [5.74, 6) is -4.39. The second-order valence-corrected chi connectivity index (χ2v) is 9.62. The molecule has 1 saturated carbocycles. The van der Waals surface area contributed by atoms with Gasteiger partial charge in [-0.2, -0.15) is 10.2 Å². The maximum absolute atomic E-state index is 13.8. The van der Waals surface area contributed by atoms with E-state index >= 15 is 0 Å². The van der Waals surface area contributed by atoms with Gasteiger partial charge >= 0.3 is 0 Å². The number of anilines is 1. The van der Waals surface area contributed by atoms with E-state index in [4.69, 9.17) is 0 Å². The van der Waals surface area contributed by atoms with Crippen molar-refractivity contribution in [1.82, 2.24) is 30.2 Å². The minimum atomic E-state index is -2.76. The van der Waals surface area contributed by atoms with Crippen molar-refractivity contribution in [2.24, 2.45) is 11.8 Å². The zero-order valence-corrected chi connectivity index (χ0v) is 19.8. The normalized spacial score (nSPS) is 21.1. The van der Waals surface area contributed by atoms with E-state index in [9.17, 15) is 23.2 Å². The Balaban J connectivity index is 1.47. The Labute approximate surface area is 201 Å². The lowest BCUT2D eigenvalue weighted by Gasteiger charge is -2.33. The van der Waals surface area contributed by atoms with Gasteiger partial charge in [-0.05, 0) is 45.1 Å². The highest BCUT2D eigenvalue weighted by molar-refractivity contribution is 6.00. The second-order valence-electron chi connectivity index (χ2n) is 9.62. The van der Waals surface area contributed by atoms with Gasteiger partial charge in [0.05, 0.1) is 24.3 Å². The Kier molecular flexibility index (Phi) is 7.18. The molecule has 2 aromatic heterocycles. The summed E-state index contributed by atoms with van der Waals surface area (Å²) in [4.78, 5) is 38.1. The lowest BCUT2D eigenvalue weighted by Crippen LogP contribution is -2.50. The van der Waals surface area contributed by atoms with E-state index in [1.165, 1.54) is 12.4 Å². The van der Waals surface area contributed by atoms with E-state index in [2.05, 4.69) is 26.1 Å². The minimum Gasteiger partial charge on any atom is -0.356 e. The molecule has 0 radical (unpaired) electrons. The molecule has 3 amide bonds. The fourth-order valence-electron chi connectivity index (χ4n) is 4.71. The van der Waals surface area contributed by atoms with Crippen molar-refractivity contribution >= 4 is 23.4 Å². The third kappa shape index (κ3) is 5.85. The summed E-state index contributed by atoms with van der Waals surface area (Å²) in [6, 6.07) is 0.486. The predicted molar refractivity (Wildman–Crippen MR) is 123 cm³/mol. The third-order valence-electron chi connectivity index (χ3n) is 6.67. The molecule has 2 atom stereocenters. The van der Waals surface area contributed by atoms with Gasteiger partial charge in [0.15, 0.2) is 0 Å². The van der Waals surface area contributed by atoms with E-state index in [0.29, 0.717) is 30.9 Å². The van der Waals surface area contributed by atoms with Gasteiger partial charge in [-0.15, -0.1) is 0 Å². The van der Waals surface area contributed by atoms with Gasteiger partial charge in [0, 0.05) is 37.8 Å². The van der Waals surface area contributed by atoms with E-state index in [-0.39, 0.29) is 43.6 Å². The number of nitrogens with zero attached hydrogens (tertiary/aromatic N) is 4. The molecule has 1 aliphatic carbocycles. The van der Waals surface area contributed by atoms with Crippen LogP contribution in [0.1, 0.15) is 62.5 Å². The number of rotatable bonds is 8. The van der Waals surface area contributed by atoms with Gasteiger partial charge in [0.1, 0.15) is 11.7 Å². The lowest BCUT2D eigenvalue weighted by molar-refractivity contribution is -0.123. The van der Waals surface area contributed by atoms with Crippen LogP contribution in [0.3, 0.4) is 0 Å². The van der Waals surface area contributed by atoms with Crippen LogP contribution in [-0.4, -0.2) is 55.8 Å². The molecule has 0 spiro atoms.